The van der Waals surface area contributed by atoms with Gasteiger partial charge < -0.3 is 14.8 Å². The first-order valence-corrected chi connectivity index (χ1v) is 11.6. The van der Waals surface area contributed by atoms with Gasteiger partial charge in [-0.05, 0) is 55.4 Å². The van der Waals surface area contributed by atoms with E-state index in [1.807, 2.05) is 28.6 Å². The van der Waals surface area contributed by atoms with Crippen LogP contribution in [0, 0.1) is 5.82 Å². The minimum Gasteiger partial charge on any atom is -0.390 e. The Bertz CT molecular complexity index is 1340. The molecule has 4 aromatic rings. The summed E-state index contributed by atoms with van der Waals surface area (Å²) in [5, 5.41) is 28.1. The average molecular weight is 447 g/mol. The molecule has 3 heterocycles. The van der Waals surface area contributed by atoms with Crippen molar-refractivity contribution in [1.29, 1.82) is 0 Å². The van der Waals surface area contributed by atoms with E-state index in [2.05, 4.69) is 28.3 Å². The second-order valence-corrected chi connectivity index (χ2v) is 9.65. The number of imidazole rings is 1. The number of nitrogens with zero attached hydrogens (tertiary/aromatic N) is 4. The van der Waals surface area contributed by atoms with Gasteiger partial charge in [0, 0.05) is 36.2 Å². The van der Waals surface area contributed by atoms with Crippen LogP contribution in [-0.2, 0) is 7.05 Å². The van der Waals surface area contributed by atoms with Crippen LogP contribution in [0.25, 0.3) is 22.2 Å². The van der Waals surface area contributed by atoms with E-state index < -0.39 is 11.7 Å². The number of aliphatic hydroxyl groups is 2. The molecule has 0 amide bonds. The SMILES string of the molecule is Cn1cc2cc(C3CCC(O)(C(O)CC4c5c(F)cccc5-c5cncn54)CC3)ccc2n1. The number of benzene rings is 2. The fraction of sp³-hybridized carbons (Fsp3) is 0.385. The molecule has 2 aliphatic rings. The van der Waals surface area contributed by atoms with Crippen molar-refractivity contribution >= 4 is 10.9 Å². The van der Waals surface area contributed by atoms with Crippen molar-refractivity contribution in [3.63, 3.8) is 0 Å². The molecule has 2 unspecified atom stereocenters. The summed E-state index contributed by atoms with van der Waals surface area (Å²) in [5.41, 5.74) is 3.29. The van der Waals surface area contributed by atoms with Crippen molar-refractivity contribution in [1.82, 2.24) is 19.3 Å². The zero-order valence-corrected chi connectivity index (χ0v) is 18.5. The monoisotopic (exact) mass is 446 g/mol. The molecule has 1 saturated carbocycles. The number of aromatic nitrogens is 4. The van der Waals surface area contributed by atoms with Gasteiger partial charge in [-0.15, -0.1) is 0 Å². The summed E-state index contributed by atoms with van der Waals surface area (Å²) >= 11 is 0. The first-order chi connectivity index (χ1) is 15.9. The topological polar surface area (TPSA) is 76.1 Å². The molecule has 2 aromatic carbocycles. The van der Waals surface area contributed by atoms with E-state index >= 15 is 0 Å². The van der Waals surface area contributed by atoms with Crippen molar-refractivity contribution in [3.8, 4) is 11.3 Å². The highest BCUT2D eigenvalue weighted by Crippen LogP contribution is 2.46. The number of hydrogen-bond acceptors (Lipinski definition) is 4. The van der Waals surface area contributed by atoms with Gasteiger partial charge in [0.2, 0.25) is 0 Å². The van der Waals surface area contributed by atoms with Gasteiger partial charge in [0.1, 0.15) is 5.82 Å². The van der Waals surface area contributed by atoms with E-state index in [1.165, 1.54) is 11.6 Å². The second-order valence-electron chi connectivity index (χ2n) is 9.65. The van der Waals surface area contributed by atoms with E-state index in [4.69, 9.17) is 0 Å². The van der Waals surface area contributed by atoms with Gasteiger partial charge in [-0.3, -0.25) is 4.68 Å². The van der Waals surface area contributed by atoms with Crippen molar-refractivity contribution in [2.45, 2.75) is 55.8 Å². The van der Waals surface area contributed by atoms with Crippen molar-refractivity contribution in [2.75, 3.05) is 0 Å². The largest absolute Gasteiger partial charge is 0.390 e. The number of fused-ring (bicyclic) bond motifs is 4. The summed E-state index contributed by atoms with van der Waals surface area (Å²) in [6, 6.07) is 11.0. The van der Waals surface area contributed by atoms with Crippen LogP contribution in [0.1, 0.15) is 55.2 Å². The molecule has 0 radical (unpaired) electrons. The molecule has 1 aliphatic heterocycles. The van der Waals surface area contributed by atoms with Crippen LogP contribution < -0.4 is 0 Å². The number of hydrogen-bond donors (Lipinski definition) is 2. The summed E-state index contributed by atoms with van der Waals surface area (Å²) in [6.45, 7) is 0. The van der Waals surface area contributed by atoms with Crippen LogP contribution in [0.5, 0.6) is 0 Å². The van der Waals surface area contributed by atoms with Gasteiger partial charge in [-0.1, -0.05) is 18.2 Å². The Kier molecular flexibility index (Phi) is 4.67. The van der Waals surface area contributed by atoms with Gasteiger partial charge in [0.15, 0.2) is 0 Å². The summed E-state index contributed by atoms with van der Waals surface area (Å²) < 4.78 is 18.5. The average Bonchev–Trinajstić information content (AvgIpc) is 3.49. The highest BCUT2D eigenvalue weighted by Gasteiger charge is 2.43. The zero-order chi connectivity index (χ0) is 22.7. The Morgan fingerprint density at radius 1 is 1.21 bits per heavy atom. The molecule has 6 rings (SSSR count). The molecule has 170 valence electrons. The lowest BCUT2D eigenvalue weighted by molar-refractivity contribution is -0.105. The molecule has 1 aliphatic carbocycles. The van der Waals surface area contributed by atoms with Crippen LogP contribution in [0.3, 0.4) is 0 Å². The highest BCUT2D eigenvalue weighted by molar-refractivity contribution is 5.78. The Labute approximate surface area is 191 Å². The Morgan fingerprint density at radius 3 is 2.85 bits per heavy atom. The molecular weight excluding hydrogens is 419 g/mol. The predicted molar refractivity (Wildman–Crippen MR) is 123 cm³/mol. The third-order valence-electron chi connectivity index (χ3n) is 7.70. The van der Waals surface area contributed by atoms with Crippen LogP contribution in [0.2, 0.25) is 0 Å². The Morgan fingerprint density at radius 2 is 2.03 bits per heavy atom. The Hall–Kier alpha value is -3.03. The van der Waals surface area contributed by atoms with Gasteiger partial charge in [-0.25, -0.2) is 9.37 Å². The second kappa shape index (κ2) is 7.50. The minimum absolute atomic E-state index is 0.250. The predicted octanol–water partition coefficient (Wildman–Crippen LogP) is 4.32. The van der Waals surface area contributed by atoms with Crippen LogP contribution in [-0.4, -0.2) is 41.2 Å². The van der Waals surface area contributed by atoms with E-state index in [-0.39, 0.29) is 18.3 Å². The van der Waals surface area contributed by atoms with Gasteiger partial charge in [0.05, 0.1) is 41.5 Å². The van der Waals surface area contributed by atoms with Crippen LogP contribution >= 0.6 is 0 Å². The van der Waals surface area contributed by atoms with Crippen molar-refractivity contribution in [3.05, 3.63) is 72.1 Å². The maximum absolute atomic E-state index is 14.7. The van der Waals surface area contributed by atoms with Crippen molar-refractivity contribution < 1.29 is 14.6 Å². The first kappa shape index (κ1) is 20.6. The normalized spacial score (nSPS) is 25.2. The fourth-order valence-electron chi connectivity index (χ4n) is 5.87. The highest BCUT2D eigenvalue weighted by atomic mass is 19.1. The maximum atomic E-state index is 14.7. The quantitative estimate of drug-likeness (QED) is 0.490. The molecule has 0 bridgehead atoms. The third kappa shape index (κ3) is 3.30. The van der Waals surface area contributed by atoms with Gasteiger partial charge in [0.25, 0.3) is 0 Å². The lowest BCUT2D eigenvalue weighted by Crippen LogP contribution is -2.46. The number of rotatable bonds is 4. The summed E-state index contributed by atoms with van der Waals surface area (Å²) in [4.78, 5) is 4.22. The lowest BCUT2D eigenvalue weighted by Gasteiger charge is -2.40. The maximum Gasteiger partial charge on any atom is 0.129 e. The van der Waals surface area contributed by atoms with E-state index in [0.29, 0.717) is 24.3 Å². The minimum atomic E-state index is -1.18. The van der Waals surface area contributed by atoms with E-state index in [9.17, 15) is 14.6 Å². The smallest absolute Gasteiger partial charge is 0.129 e. The van der Waals surface area contributed by atoms with E-state index in [0.717, 1.165) is 35.0 Å². The number of aryl methyl sites for hydroxylation is 1. The summed E-state index contributed by atoms with van der Waals surface area (Å²) in [6.07, 6.45) is 7.34. The lowest BCUT2D eigenvalue weighted by atomic mass is 9.72. The molecule has 0 spiro atoms. The molecular formula is C26H27FN4O2. The summed E-state index contributed by atoms with van der Waals surface area (Å²) in [7, 11) is 1.92. The fourth-order valence-corrected chi connectivity index (χ4v) is 5.87. The first-order valence-electron chi connectivity index (χ1n) is 11.6. The van der Waals surface area contributed by atoms with Crippen LogP contribution in [0.15, 0.2) is 55.1 Å². The molecule has 7 heteroatoms. The molecule has 1 fully saturated rings. The van der Waals surface area contributed by atoms with Crippen molar-refractivity contribution in [2.24, 2.45) is 7.05 Å². The molecule has 2 aromatic heterocycles. The third-order valence-corrected chi connectivity index (χ3v) is 7.70. The zero-order valence-electron chi connectivity index (χ0n) is 18.5. The Balaban J connectivity index is 1.19. The summed E-state index contributed by atoms with van der Waals surface area (Å²) in [5.74, 6) is 0.0573. The number of aliphatic hydroxyl groups excluding tert-OH is 1. The molecule has 2 atom stereocenters. The standard InChI is InChI=1S/C26H27FN4O2/c1-30-14-18-11-17(5-6-21(18)29-30)16-7-9-26(33,10-8-16)24(32)12-22-25-19(3-2-4-20(25)27)23-13-28-15-31(22)23/h2-6,11,13-16,22,24,32-33H,7-10,12H2,1H3. The molecule has 2 N–H and O–H groups in total. The van der Waals surface area contributed by atoms with Crippen LogP contribution in [0.4, 0.5) is 4.39 Å². The molecule has 33 heavy (non-hydrogen) atoms. The van der Waals surface area contributed by atoms with Gasteiger partial charge in [-0.2, -0.15) is 5.10 Å². The number of halogens is 1. The van der Waals surface area contributed by atoms with Gasteiger partial charge >= 0.3 is 0 Å². The molecule has 0 saturated heterocycles. The molecule has 6 nitrogen and oxygen atoms in total. The van der Waals surface area contributed by atoms with E-state index in [1.54, 1.807) is 18.6 Å².